The van der Waals surface area contributed by atoms with E-state index in [9.17, 15) is 26.4 Å². The molecule has 0 fully saturated rings. The zero-order valence-electron chi connectivity index (χ0n) is 31.1. The fraction of sp³-hybridized carbons (Fsp3) is 0.279. The Hall–Kier alpha value is -6.16. The van der Waals surface area contributed by atoms with Gasteiger partial charge in [-0.1, -0.05) is 64.1 Å². The van der Waals surface area contributed by atoms with Crippen LogP contribution in [0.15, 0.2) is 97.1 Å². The fourth-order valence-corrected chi connectivity index (χ4v) is 6.23. The lowest BCUT2D eigenvalue weighted by Gasteiger charge is -2.32. The van der Waals surface area contributed by atoms with E-state index < -0.39 is 22.2 Å². The van der Waals surface area contributed by atoms with E-state index in [1.165, 1.54) is 0 Å². The minimum atomic E-state index is -0.953. The minimum absolute atomic E-state index is 0.0311. The van der Waals surface area contributed by atoms with Gasteiger partial charge in [-0.2, -0.15) is 4.79 Å². The largest absolute Gasteiger partial charge is 0.714 e. The summed E-state index contributed by atoms with van der Waals surface area (Å²) in [4.78, 5) is 3.61. The van der Waals surface area contributed by atoms with E-state index in [1.807, 2.05) is 36.4 Å². The lowest BCUT2D eigenvalue weighted by molar-refractivity contribution is -0.539. The Kier molecular flexibility index (Phi) is 9.06. The number of hydrogen-bond acceptors (Lipinski definition) is 4. The molecule has 0 aliphatic carbocycles. The van der Waals surface area contributed by atoms with Crippen LogP contribution in [0.4, 0.5) is 0 Å². The molecule has 2 aliphatic rings. The Labute approximate surface area is 310 Å². The van der Waals surface area contributed by atoms with Gasteiger partial charge in [-0.25, -0.2) is 0 Å². The third-order valence-electron chi connectivity index (χ3n) is 11.1. The molecule has 0 atom stereocenters. The van der Waals surface area contributed by atoms with Gasteiger partial charge in [0, 0.05) is 32.7 Å². The van der Waals surface area contributed by atoms with Crippen molar-refractivity contribution in [3.8, 4) is 23.7 Å². The molecular weight excluding hydrogens is 665 g/mol. The van der Waals surface area contributed by atoms with Crippen molar-refractivity contribution in [3.63, 3.8) is 0 Å². The van der Waals surface area contributed by atoms with E-state index in [-0.39, 0.29) is 11.7 Å². The van der Waals surface area contributed by atoms with Crippen LogP contribution in [0.2, 0.25) is 0 Å². The topological polar surface area (TPSA) is 135 Å². The molecule has 53 heavy (non-hydrogen) atoms. The first-order chi connectivity index (χ1) is 24.9. The van der Waals surface area contributed by atoms with E-state index in [4.69, 9.17) is 0 Å². The number of nitrogens with zero attached hydrogens (tertiary/aromatic N) is 6. The summed E-state index contributed by atoms with van der Waals surface area (Å²) in [6.45, 7) is 14.0. The maximum Gasteiger partial charge on any atom is 0.329 e. The third kappa shape index (κ3) is 6.13. The van der Waals surface area contributed by atoms with Crippen molar-refractivity contribution in [1.29, 1.82) is 0 Å². The smallest absolute Gasteiger partial charge is 0.329 e. The summed E-state index contributed by atoms with van der Waals surface area (Å²) in [5.41, 5.74) is 11.1. The zero-order valence-corrected chi connectivity index (χ0v) is 31.1. The van der Waals surface area contributed by atoms with Crippen LogP contribution in [0.1, 0.15) is 99.9 Å². The van der Waals surface area contributed by atoms with Gasteiger partial charge in [-0.3, -0.25) is 9.48 Å². The Balaban J connectivity index is 1.40. The second kappa shape index (κ2) is 13.1. The molecule has 4 aromatic carbocycles. The summed E-state index contributed by atoms with van der Waals surface area (Å²) in [6, 6.07) is 28.6. The van der Waals surface area contributed by atoms with Crippen LogP contribution in [-0.2, 0) is 10.4 Å². The van der Waals surface area contributed by atoms with Crippen LogP contribution in [0.3, 0.4) is 0 Å². The summed E-state index contributed by atoms with van der Waals surface area (Å²) in [7, 11) is 0. The number of benzene rings is 4. The average Bonchev–Trinajstić information content (AvgIpc) is 3.33. The highest BCUT2D eigenvalue weighted by atomic mass is 16.5. The average molecular weight is 705 g/mol. The molecule has 0 saturated carbocycles. The highest BCUT2D eigenvalue weighted by molar-refractivity contribution is 6.09. The molecule has 6 rings (SSSR count). The molecule has 10 heteroatoms. The van der Waals surface area contributed by atoms with Crippen molar-refractivity contribution in [1.82, 2.24) is 10.1 Å². The Morgan fingerprint density at radius 1 is 0.566 bits per heavy atom. The van der Waals surface area contributed by atoms with E-state index in [2.05, 4.69) is 28.5 Å². The highest BCUT2D eigenvalue weighted by Gasteiger charge is 2.61. The standard InChI is InChI=1S/C43H40N6O4/c1-40(2)41(3,4)47(51)38(46(40)50)34-18-12-14-29(25-34)20-22-31-24-32(28-36(27-31)37(45-44)33-16-10-9-11-17-33)23-21-30-15-13-19-35(26-30)39-48(52)42(5,6)43(7,8)49(39)53/h9-19,24-28H,1-8H3. The fourth-order valence-electron chi connectivity index (χ4n) is 6.23. The molecule has 2 heterocycles. The lowest BCUT2D eigenvalue weighted by Crippen LogP contribution is -2.53. The Morgan fingerprint density at radius 3 is 1.36 bits per heavy atom. The molecule has 0 aromatic heterocycles. The highest BCUT2D eigenvalue weighted by Crippen LogP contribution is 2.38. The summed E-state index contributed by atoms with van der Waals surface area (Å²) in [5.74, 6) is 12.7. The van der Waals surface area contributed by atoms with Crippen LogP contribution in [0, 0.1) is 34.1 Å². The SMILES string of the molecule is CC1(C)N([O])C(c2cccc(C#Cc3cc(C#Cc4cccc(C5=[N+]([O-])C(C)(C)C(C)(C)N5[O])c4)cc(C(=[N+]=[N-])c4ccccc4)c3)c2)=[N+]([O-])C1(C)C. The van der Waals surface area contributed by atoms with Crippen LogP contribution >= 0.6 is 0 Å². The Morgan fingerprint density at radius 2 is 0.981 bits per heavy atom. The second-order valence-electron chi connectivity index (χ2n) is 15.3. The first kappa shape index (κ1) is 36.6. The number of hydroxylamine groups is 6. The van der Waals surface area contributed by atoms with E-state index in [0.29, 0.717) is 50.2 Å². The normalized spacial score (nSPS) is 17.8. The van der Waals surface area contributed by atoms with Crippen LogP contribution in [0.25, 0.3) is 5.53 Å². The monoisotopic (exact) mass is 704 g/mol. The molecule has 2 aliphatic heterocycles. The molecular formula is C43H40N6O4. The minimum Gasteiger partial charge on any atom is -0.714 e. The predicted molar refractivity (Wildman–Crippen MR) is 201 cm³/mol. The maximum absolute atomic E-state index is 13.3. The van der Waals surface area contributed by atoms with Gasteiger partial charge in [0.15, 0.2) is 11.1 Å². The van der Waals surface area contributed by atoms with Crippen molar-refractivity contribution in [2.75, 3.05) is 0 Å². The second-order valence-corrected chi connectivity index (χ2v) is 15.3. The van der Waals surface area contributed by atoms with Crippen molar-refractivity contribution >= 4 is 17.4 Å². The third-order valence-corrected chi connectivity index (χ3v) is 11.1. The number of hydrogen-bond donors (Lipinski definition) is 0. The van der Waals surface area contributed by atoms with E-state index >= 15 is 0 Å². The van der Waals surface area contributed by atoms with Crippen LogP contribution in [0.5, 0.6) is 0 Å². The summed E-state index contributed by atoms with van der Waals surface area (Å²) >= 11 is 0. The molecule has 0 bridgehead atoms. The molecule has 266 valence electrons. The van der Waals surface area contributed by atoms with Gasteiger partial charge in [-0.05, 0) is 122 Å². The summed E-state index contributed by atoms with van der Waals surface area (Å²) in [6.07, 6.45) is 0. The lowest BCUT2D eigenvalue weighted by atomic mass is 9.84. The van der Waals surface area contributed by atoms with Gasteiger partial charge in [0.1, 0.15) is 11.1 Å². The number of amidine groups is 2. The molecule has 0 N–H and O–H groups in total. The first-order valence-electron chi connectivity index (χ1n) is 17.2. The van der Waals surface area contributed by atoms with Crippen molar-refractivity contribution < 1.29 is 24.7 Å². The Bertz CT molecular complexity index is 2250. The van der Waals surface area contributed by atoms with Crippen molar-refractivity contribution in [3.05, 3.63) is 158 Å². The van der Waals surface area contributed by atoms with Gasteiger partial charge in [0.2, 0.25) is 0 Å². The number of rotatable bonds is 4. The molecule has 2 radical (unpaired) electrons. The van der Waals surface area contributed by atoms with Gasteiger partial charge < -0.3 is 15.9 Å². The van der Waals surface area contributed by atoms with Gasteiger partial charge in [-0.15, -0.1) is 0 Å². The molecule has 4 aromatic rings. The van der Waals surface area contributed by atoms with Crippen LogP contribution < -0.4 is 0 Å². The van der Waals surface area contributed by atoms with Gasteiger partial charge in [0.05, 0.1) is 22.3 Å². The maximum atomic E-state index is 13.3. The molecule has 0 saturated heterocycles. The molecule has 0 spiro atoms. The van der Waals surface area contributed by atoms with Crippen molar-refractivity contribution in [2.45, 2.75) is 77.5 Å². The van der Waals surface area contributed by atoms with Crippen molar-refractivity contribution in [2.24, 2.45) is 0 Å². The predicted octanol–water partition coefficient (Wildman–Crippen LogP) is 6.50. The quantitative estimate of drug-likeness (QED) is 0.0598. The summed E-state index contributed by atoms with van der Waals surface area (Å²) < 4.78 is 1.55. The zero-order chi connectivity index (χ0) is 38.5. The van der Waals surface area contributed by atoms with Gasteiger partial charge >= 0.3 is 17.4 Å². The van der Waals surface area contributed by atoms with Gasteiger partial charge in [0.25, 0.3) is 0 Å². The molecule has 0 amide bonds. The van der Waals surface area contributed by atoms with E-state index in [0.717, 1.165) is 19.6 Å². The summed E-state index contributed by atoms with van der Waals surface area (Å²) in [5, 5.41) is 54.7. The first-order valence-corrected chi connectivity index (χ1v) is 17.2. The molecule has 10 nitrogen and oxygen atoms in total. The van der Waals surface area contributed by atoms with E-state index in [1.54, 1.807) is 116 Å². The van der Waals surface area contributed by atoms with Crippen LogP contribution in [-0.4, -0.2) is 63.9 Å². The molecule has 0 unspecified atom stereocenters.